The van der Waals surface area contributed by atoms with Crippen LogP contribution in [0.5, 0.6) is 0 Å². The van der Waals surface area contributed by atoms with Crippen molar-refractivity contribution in [3.8, 4) is 0 Å². The first-order chi connectivity index (χ1) is 5.57. The summed E-state index contributed by atoms with van der Waals surface area (Å²) in [5.41, 5.74) is 2.48. The van der Waals surface area contributed by atoms with E-state index in [1.807, 2.05) is 0 Å². The van der Waals surface area contributed by atoms with Gasteiger partial charge in [-0.3, -0.25) is 5.21 Å². The summed E-state index contributed by atoms with van der Waals surface area (Å²) in [6.07, 6.45) is 2.23. The van der Waals surface area contributed by atoms with Crippen molar-refractivity contribution in [1.82, 2.24) is 0 Å². The third-order valence-corrected chi connectivity index (χ3v) is 3.86. The van der Waals surface area contributed by atoms with E-state index in [2.05, 4.69) is 25.6 Å². The predicted octanol–water partition coefficient (Wildman–Crippen LogP) is 0.519. The third-order valence-electron chi connectivity index (χ3n) is 3.86. The maximum Gasteiger partial charge on any atom is 0.227 e. The Hall–Kier alpha value is -0.790. The number of allylic oxidation sites excluding steroid dienone is 1. The van der Waals surface area contributed by atoms with E-state index in [-0.39, 0.29) is 0 Å². The summed E-state index contributed by atoms with van der Waals surface area (Å²) in [5, 5.41) is 11.1. The molecule has 0 aromatic heterocycles. The minimum Gasteiger partial charge on any atom is -0.293 e. The van der Waals surface area contributed by atoms with Crippen molar-refractivity contribution >= 4 is 5.71 Å². The van der Waals surface area contributed by atoms with Crippen LogP contribution in [0.25, 0.3) is 0 Å². The molecule has 0 aromatic rings. The van der Waals surface area contributed by atoms with E-state index < -0.39 is 0 Å². The van der Waals surface area contributed by atoms with Crippen LogP contribution >= 0.6 is 0 Å². The molecule has 0 amide bonds. The van der Waals surface area contributed by atoms with Gasteiger partial charge in [-0.25, -0.2) is 0 Å². The molecule has 66 valence electrons. The van der Waals surface area contributed by atoms with Crippen LogP contribution in [-0.2, 0) is 0 Å². The molecule has 0 radical (unpaired) electrons. The van der Waals surface area contributed by atoms with E-state index in [1.54, 1.807) is 0 Å². The Morgan fingerprint density at radius 1 is 1.58 bits per heavy atom. The molecule has 3 fully saturated rings. The number of rotatable bonds is 0. The van der Waals surface area contributed by atoms with E-state index in [1.165, 1.54) is 6.42 Å². The smallest absolute Gasteiger partial charge is 0.227 e. The van der Waals surface area contributed by atoms with E-state index >= 15 is 0 Å². The predicted molar refractivity (Wildman–Crippen MR) is 46.9 cm³/mol. The standard InChI is InChI=1S/C10H15NO/c1-6-8-4-7(10(8,2)3)5-9(6)11-12/h7-8,12H,1,4-5H2,2-3H3/p+1/b11-9-/t7-,8+/m0/s1. The van der Waals surface area contributed by atoms with Gasteiger partial charge in [0.2, 0.25) is 5.71 Å². The van der Waals surface area contributed by atoms with Crippen molar-refractivity contribution < 1.29 is 10.4 Å². The fraction of sp³-hybridized carbons (Fsp3) is 0.700. The highest BCUT2D eigenvalue weighted by Gasteiger charge is 2.55. The monoisotopic (exact) mass is 166 g/mol. The fourth-order valence-electron chi connectivity index (χ4n) is 2.66. The zero-order valence-corrected chi connectivity index (χ0v) is 7.72. The van der Waals surface area contributed by atoms with Gasteiger partial charge in [-0.2, -0.15) is 0 Å². The van der Waals surface area contributed by atoms with Crippen LogP contribution in [0.2, 0.25) is 0 Å². The van der Waals surface area contributed by atoms with Crippen molar-refractivity contribution in [1.29, 1.82) is 0 Å². The third kappa shape index (κ3) is 0.728. The molecule has 0 spiro atoms. The van der Waals surface area contributed by atoms with Crippen LogP contribution in [0, 0.1) is 17.3 Å². The van der Waals surface area contributed by atoms with Crippen molar-refractivity contribution in [2.24, 2.45) is 17.3 Å². The second kappa shape index (κ2) is 2.12. The quantitative estimate of drug-likeness (QED) is 0.399. The molecule has 2 nitrogen and oxygen atoms in total. The summed E-state index contributed by atoms with van der Waals surface area (Å²) in [7, 11) is 0. The largest absolute Gasteiger partial charge is 0.293 e. The van der Waals surface area contributed by atoms with Crippen LogP contribution in [-0.4, -0.2) is 10.9 Å². The lowest BCUT2D eigenvalue weighted by Crippen LogP contribution is -2.73. The molecule has 2 atom stereocenters. The minimum atomic E-state index is 0.414. The topological polar surface area (TPSA) is 34.2 Å². The molecule has 2 N–H and O–H groups in total. The molecular weight excluding hydrogens is 150 g/mol. The molecule has 3 rings (SSSR count). The summed E-state index contributed by atoms with van der Waals surface area (Å²) in [5.74, 6) is 1.33. The average Bonchev–Trinajstić information content (AvgIpc) is 2.03. The molecule has 0 aromatic carbocycles. The van der Waals surface area contributed by atoms with Crippen LogP contribution in [0.3, 0.4) is 0 Å². The molecule has 3 aliphatic carbocycles. The molecule has 12 heavy (non-hydrogen) atoms. The summed E-state index contributed by atoms with van der Waals surface area (Å²) in [4.78, 5) is 0. The van der Waals surface area contributed by atoms with Gasteiger partial charge in [-0.1, -0.05) is 20.4 Å². The number of fused-ring (bicyclic) bond motifs is 2. The van der Waals surface area contributed by atoms with Gasteiger partial charge in [-0.05, 0) is 28.8 Å². The summed E-state index contributed by atoms with van der Waals surface area (Å²) < 4.78 is 0. The van der Waals surface area contributed by atoms with Gasteiger partial charge >= 0.3 is 0 Å². The molecule has 3 aliphatic rings. The fourth-order valence-corrected chi connectivity index (χ4v) is 2.66. The van der Waals surface area contributed by atoms with Crippen LogP contribution in [0.15, 0.2) is 12.2 Å². The molecule has 0 heterocycles. The van der Waals surface area contributed by atoms with Crippen molar-refractivity contribution in [3.05, 3.63) is 12.2 Å². The molecule has 0 aliphatic heterocycles. The molecule has 2 bridgehead atoms. The van der Waals surface area contributed by atoms with Gasteiger partial charge in [0, 0.05) is 12.0 Å². The van der Waals surface area contributed by atoms with Gasteiger partial charge in [0.15, 0.2) is 0 Å². The Morgan fingerprint density at radius 3 is 2.67 bits per heavy atom. The lowest BCUT2D eigenvalue weighted by Gasteiger charge is -2.55. The maximum absolute atomic E-state index is 8.82. The first kappa shape index (κ1) is 7.84. The Kier molecular flexibility index (Phi) is 1.39. The highest BCUT2D eigenvalue weighted by Crippen LogP contribution is 2.59. The number of hydrogen-bond donors (Lipinski definition) is 2. The summed E-state index contributed by atoms with van der Waals surface area (Å²) in [6.45, 7) is 8.62. The summed E-state index contributed by atoms with van der Waals surface area (Å²) in [6, 6.07) is 0. The Labute approximate surface area is 73.0 Å². The van der Waals surface area contributed by atoms with Gasteiger partial charge in [0.05, 0.1) is 0 Å². The van der Waals surface area contributed by atoms with Gasteiger partial charge in [-0.15, -0.1) is 0 Å². The first-order valence-electron chi connectivity index (χ1n) is 4.52. The van der Waals surface area contributed by atoms with Gasteiger partial charge < -0.3 is 0 Å². The summed E-state index contributed by atoms with van der Waals surface area (Å²) >= 11 is 0. The molecule has 0 saturated heterocycles. The van der Waals surface area contributed by atoms with E-state index in [9.17, 15) is 0 Å². The molecular formula is C10H16NO+. The molecule has 2 heteroatoms. The van der Waals surface area contributed by atoms with Crippen molar-refractivity contribution in [3.63, 3.8) is 0 Å². The lowest BCUT2D eigenvalue weighted by atomic mass is 9.47. The minimum absolute atomic E-state index is 0.414. The van der Waals surface area contributed by atoms with Crippen LogP contribution in [0.4, 0.5) is 0 Å². The van der Waals surface area contributed by atoms with Crippen molar-refractivity contribution in [2.45, 2.75) is 26.7 Å². The normalized spacial score (nSPS) is 41.2. The van der Waals surface area contributed by atoms with Crippen molar-refractivity contribution in [2.75, 3.05) is 0 Å². The lowest BCUT2D eigenvalue weighted by molar-refractivity contribution is -0.738. The Morgan fingerprint density at radius 2 is 2.25 bits per heavy atom. The number of hydrogen-bond acceptors (Lipinski definition) is 1. The van der Waals surface area contributed by atoms with Gasteiger partial charge in [0.25, 0.3) is 0 Å². The highest BCUT2D eigenvalue weighted by molar-refractivity contribution is 5.97. The highest BCUT2D eigenvalue weighted by atomic mass is 16.4. The van der Waals surface area contributed by atoms with E-state index in [0.717, 1.165) is 23.6 Å². The molecule has 0 unspecified atom stereocenters. The maximum atomic E-state index is 8.82. The zero-order valence-electron chi connectivity index (χ0n) is 7.72. The average molecular weight is 166 g/mol. The van der Waals surface area contributed by atoms with Crippen LogP contribution in [0.1, 0.15) is 26.7 Å². The second-order valence-electron chi connectivity index (χ2n) is 4.63. The first-order valence-corrected chi connectivity index (χ1v) is 4.52. The Balaban J connectivity index is 2.28. The second-order valence-corrected chi connectivity index (χ2v) is 4.63. The van der Waals surface area contributed by atoms with E-state index in [0.29, 0.717) is 11.3 Å². The number of nitrogens with one attached hydrogen (secondary N) is 1. The van der Waals surface area contributed by atoms with Gasteiger partial charge in [0.1, 0.15) is 0 Å². The zero-order chi connectivity index (χ0) is 8.93. The van der Waals surface area contributed by atoms with E-state index in [4.69, 9.17) is 5.21 Å². The Bertz CT molecular complexity index is 265. The van der Waals surface area contributed by atoms with Crippen LogP contribution < -0.4 is 5.16 Å². The molecule has 3 saturated carbocycles. The SMILES string of the molecule is C=C1/C(=[NH+]\O)C[C@@H]2C[C@H]1C2(C)C.